The van der Waals surface area contributed by atoms with E-state index >= 15 is 0 Å². The van der Waals surface area contributed by atoms with Crippen LogP contribution in [-0.4, -0.2) is 34.6 Å². The molecule has 2 aliphatic rings. The number of carbonyl (C=O) groups is 4. The third-order valence-corrected chi connectivity index (χ3v) is 5.18. The second-order valence-corrected chi connectivity index (χ2v) is 7.44. The van der Waals surface area contributed by atoms with Crippen molar-refractivity contribution < 1.29 is 36.3 Å². The van der Waals surface area contributed by atoms with E-state index in [1.807, 2.05) is 0 Å². The number of halogens is 3. The van der Waals surface area contributed by atoms with E-state index in [0.29, 0.717) is 0 Å². The fourth-order valence-corrected chi connectivity index (χ4v) is 3.43. The summed E-state index contributed by atoms with van der Waals surface area (Å²) in [5.41, 5.74) is -0.692. The Bertz CT molecular complexity index is 1350. The number of piperidine rings is 1. The second-order valence-electron chi connectivity index (χ2n) is 7.01. The Balaban J connectivity index is 1.58. The van der Waals surface area contributed by atoms with Crippen molar-refractivity contribution in [3.05, 3.63) is 69.7 Å². The molecule has 32 heavy (non-hydrogen) atoms. The fraction of sp³-hybridized carbons (Fsp3) is 0.273. The van der Waals surface area contributed by atoms with E-state index in [0.717, 1.165) is 35.2 Å². The molecule has 0 radical (unpaired) electrons. The molecule has 0 aliphatic carbocycles. The second kappa shape index (κ2) is 8.31. The van der Waals surface area contributed by atoms with Crippen LogP contribution in [-0.2, 0) is 33.4 Å². The van der Waals surface area contributed by atoms with Crippen molar-refractivity contribution in [1.29, 1.82) is 0 Å². The molecule has 0 bridgehead atoms. The molecule has 1 saturated heterocycles. The van der Waals surface area contributed by atoms with Crippen molar-refractivity contribution in [1.82, 2.24) is 15.5 Å². The number of alkyl halides is 2. The van der Waals surface area contributed by atoms with Gasteiger partial charge in [0.1, 0.15) is 6.04 Å². The summed E-state index contributed by atoms with van der Waals surface area (Å²) in [7, 11) is 0. The van der Waals surface area contributed by atoms with Crippen molar-refractivity contribution in [3.63, 3.8) is 0 Å². The summed E-state index contributed by atoms with van der Waals surface area (Å²) in [6.45, 7) is -2.32. The molecule has 0 saturated carbocycles. The Morgan fingerprint density at radius 3 is 2.75 bits per heavy atom. The Labute approximate surface area is 195 Å². The number of fused-ring (bicyclic) bond motifs is 1. The van der Waals surface area contributed by atoms with Crippen LogP contribution in [0.25, 0.3) is 0 Å². The molecule has 166 valence electrons. The maximum absolute atomic E-state index is 14.7. The maximum atomic E-state index is 14.7. The molecule has 1 fully saturated rings. The highest BCUT2D eigenvalue weighted by Crippen LogP contribution is 2.30. The summed E-state index contributed by atoms with van der Waals surface area (Å²) < 4.78 is 76.8. The summed E-state index contributed by atoms with van der Waals surface area (Å²) in [5, 5.41) is -0.278. The van der Waals surface area contributed by atoms with Gasteiger partial charge in [-0.15, -0.1) is 0 Å². The zero-order valence-electron chi connectivity index (χ0n) is 22.1. The molecule has 4 amide bonds. The van der Waals surface area contributed by atoms with Gasteiger partial charge in [-0.25, -0.2) is 0 Å². The molecular weight excluding hydrogens is 444 g/mol. The number of hydrogen-bond donors (Lipinski definition) is 2. The van der Waals surface area contributed by atoms with E-state index in [1.54, 1.807) is 0 Å². The summed E-state index contributed by atoms with van der Waals surface area (Å²) in [6, 6.07) is 5.88. The molecule has 2 heterocycles. The molecule has 2 aromatic rings. The lowest BCUT2D eigenvalue weighted by Gasteiger charge is -2.29. The van der Waals surface area contributed by atoms with Gasteiger partial charge in [-0.3, -0.25) is 24.5 Å². The Kier molecular flexibility index (Phi) is 4.02. The number of imide groups is 1. The van der Waals surface area contributed by atoms with Crippen LogP contribution in [0.2, 0.25) is 7.85 Å². The number of nitrogens with zero attached hydrogens (tertiary/aromatic N) is 1. The standard InChI is InChI=1S/C22H18ClF2N3O4/c23-15-4-2-14(3-5-15)22(24,25)21(32)26-10-12-1-6-16-13(9-12)11-28(20(16)31)17-7-8-18(29)27-19(17)30/h1-6,9,17H,7-8,10-11H2,(H,26,32)(H,27,29,30)/i7D,8D2,10D/hD2. The molecule has 3 atom stereocenters. The molecule has 3 unspecified atom stereocenters. The molecule has 4 rings (SSSR count). The Morgan fingerprint density at radius 2 is 2.03 bits per heavy atom. The highest BCUT2D eigenvalue weighted by atomic mass is 35.5. The normalized spacial score (nSPS) is 26.3. The summed E-state index contributed by atoms with van der Waals surface area (Å²) >= 11 is 5.69. The quantitative estimate of drug-likeness (QED) is 0.660. The number of amides is 4. The van der Waals surface area contributed by atoms with Gasteiger partial charge < -0.3 is 10.2 Å². The first-order chi connectivity index (χ1) is 17.6. The topological polar surface area (TPSA) is 95.6 Å². The third kappa shape index (κ3) is 4.08. The summed E-state index contributed by atoms with van der Waals surface area (Å²) in [4.78, 5) is 50.7. The van der Waals surface area contributed by atoms with Crippen LogP contribution in [0.4, 0.5) is 8.78 Å². The maximum Gasteiger partial charge on any atom is 0.349 e. The van der Waals surface area contributed by atoms with Crippen molar-refractivity contribution in [2.75, 3.05) is 0 Å². The van der Waals surface area contributed by atoms with E-state index < -0.39 is 60.4 Å². The average Bonchev–Trinajstić information content (AvgIpc) is 3.20. The average molecular weight is 468 g/mol. The van der Waals surface area contributed by atoms with Crippen LogP contribution in [0.5, 0.6) is 0 Å². The zero-order valence-corrected chi connectivity index (χ0v) is 16.8. The van der Waals surface area contributed by atoms with E-state index in [-0.39, 0.29) is 38.9 Å². The van der Waals surface area contributed by atoms with Crippen molar-refractivity contribution in [2.45, 2.75) is 37.8 Å². The van der Waals surface area contributed by atoms with Gasteiger partial charge in [0.25, 0.3) is 11.8 Å². The van der Waals surface area contributed by atoms with Gasteiger partial charge in [0, 0.05) is 39.7 Å². The van der Waals surface area contributed by atoms with Crippen LogP contribution in [0.3, 0.4) is 0 Å². The molecule has 2 N–H and O–H groups in total. The van der Waals surface area contributed by atoms with E-state index in [4.69, 9.17) is 19.9 Å². The summed E-state index contributed by atoms with van der Waals surface area (Å²) in [6.07, 6.45) is -4.95. The van der Waals surface area contributed by atoms with Crippen LogP contribution < -0.4 is 10.6 Å². The van der Waals surface area contributed by atoms with Crippen molar-refractivity contribution in [2.24, 2.45) is 0 Å². The van der Waals surface area contributed by atoms with Crippen LogP contribution in [0.1, 0.15) is 45.3 Å². The molecular formula is C22H18ClF2N3O4. The van der Waals surface area contributed by atoms with Crippen LogP contribution in [0.15, 0.2) is 42.5 Å². The van der Waals surface area contributed by atoms with E-state index in [2.05, 4.69) is 0 Å². The zero-order chi connectivity index (χ0) is 28.3. The molecule has 2 aromatic carbocycles. The molecule has 10 heteroatoms. The number of hydrogen-bond acceptors (Lipinski definition) is 4. The van der Waals surface area contributed by atoms with Crippen LogP contribution in [0, 0.1) is 0 Å². The highest BCUT2D eigenvalue weighted by Gasteiger charge is 2.41. The highest BCUT2D eigenvalue weighted by molar-refractivity contribution is 6.30. The van der Waals surface area contributed by atoms with Gasteiger partial charge in [0.05, 0.1) is 1.37 Å². The van der Waals surface area contributed by atoms with Gasteiger partial charge in [-0.2, -0.15) is 8.78 Å². The van der Waals surface area contributed by atoms with Crippen molar-refractivity contribution >= 4 is 35.2 Å². The molecule has 0 aromatic heterocycles. The number of rotatable bonds is 5. The largest absolute Gasteiger partial charge is 0.349 e. The lowest BCUT2D eigenvalue weighted by atomic mass is 10.0. The first kappa shape index (κ1) is 15.5. The van der Waals surface area contributed by atoms with Gasteiger partial charge in [-0.1, -0.05) is 35.9 Å². The molecule has 0 spiro atoms. The Morgan fingerprint density at radius 1 is 1.31 bits per heavy atom. The van der Waals surface area contributed by atoms with E-state index in [1.165, 1.54) is 12.1 Å². The Hall–Kier alpha value is -3.33. The van der Waals surface area contributed by atoms with Gasteiger partial charge >= 0.3 is 5.92 Å². The lowest BCUT2D eigenvalue weighted by Crippen LogP contribution is -2.52. The predicted octanol–water partition coefficient (Wildman–Crippen LogP) is 2.51. The van der Waals surface area contributed by atoms with Gasteiger partial charge in [0.2, 0.25) is 11.8 Å². The minimum absolute atomic E-state index is 0.00991. The molecule has 7 nitrogen and oxygen atoms in total. The fourth-order valence-electron chi connectivity index (χ4n) is 3.31. The number of carbonyl (C=O) groups excluding carboxylic acids is 4. The molecule has 2 aliphatic heterocycles. The first-order valence-corrected chi connectivity index (χ1v) is 9.60. The van der Waals surface area contributed by atoms with Gasteiger partial charge in [0.15, 0.2) is 2.82 Å². The predicted molar refractivity (Wildman–Crippen MR) is 110 cm³/mol. The minimum atomic E-state index is -4.14. The van der Waals surface area contributed by atoms with E-state index in [9.17, 15) is 28.0 Å². The number of benzene rings is 2. The smallest absolute Gasteiger partial charge is 0.346 e. The van der Waals surface area contributed by atoms with Crippen molar-refractivity contribution in [3.8, 4) is 0 Å². The number of nitrogens with one attached hydrogen (secondary N) is 2. The monoisotopic (exact) mass is 467 g/mol. The minimum Gasteiger partial charge on any atom is -0.346 e. The SMILES string of the molecule is [2H]C(c1ccc2c(c1)CN(C1C(=O)N([2H])C(=O)C([2H])([2H])C1[2H])C2=O)N([2H])C(=O)C(F)(F)c1ccc(Cl)cc1. The third-order valence-electron chi connectivity index (χ3n) is 4.93. The summed E-state index contributed by atoms with van der Waals surface area (Å²) in [5.74, 6) is -9.73. The first-order valence-electron chi connectivity index (χ1n) is 12.3. The van der Waals surface area contributed by atoms with Crippen LogP contribution >= 0.6 is 11.6 Å². The lowest BCUT2D eigenvalue weighted by molar-refractivity contribution is -0.147. The van der Waals surface area contributed by atoms with Gasteiger partial charge in [-0.05, 0) is 35.7 Å².